The average Bonchev–Trinajstić information content (AvgIpc) is 4.03. The molecule has 5 heterocycles. The highest BCUT2D eigenvalue weighted by Crippen LogP contribution is 2.34. The second-order valence-electron chi connectivity index (χ2n) is 15.0. The number of aryl methyl sites for hydroxylation is 1. The molecule has 0 spiro atoms. The number of alkyl halides is 3. The van der Waals surface area contributed by atoms with E-state index in [2.05, 4.69) is 20.7 Å². The lowest BCUT2D eigenvalue weighted by Crippen LogP contribution is -2.51. The fourth-order valence-electron chi connectivity index (χ4n) is 7.87. The van der Waals surface area contributed by atoms with Gasteiger partial charge in [-0.2, -0.15) is 22.7 Å². The summed E-state index contributed by atoms with van der Waals surface area (Å²) in [5.41, 5.74) is 4.45. The maximum atomic E-state index is 14.6. The van der Waals surface area contributed by atoms with Gasteiger partial charge in [0.15, 0.2) is 5.82 Å². The van der Waals surface area contributed by atoms with Gasteiger partial charge in [-0.15, -0.1) is 10.2 Å². The Morgan fingerprint density at radius 3 is 2.47 bits per heavy atom. The number of rotatable bonds is 10. The highest BCUT2D eigenvalue weighted by Gasteiger charge is 2.33. The maximum absolute atomic E-state index is 14.6. The van der Waals surface area contributed by atoms with Crippen molar-refractivity contribution in [1.82, 2.24) is 39.1 Å². The van der Waals surface area contributed by atoms with Crippen LogP contribution in [0, 0.1) is 0 Å². The molecule has 19 heteroatoms. The number of hydrogen-bond acceptors (Lipinski definition) is 10. The van der Waals surface area contributed by atoms with Crippen molar-refractivity contribution in [2.45, 2.75) is 45.9 Å². The van der Waals surface area contributed by atoms with Gasteiger partial charge in [-0.3, -0.25) is 14.4 Å². The summed E-state index contributed by atoms with van der Waals surface area (Å²) < 4.78 is 56.2. The van der Waals surface area contributed by atoms with Crippen molar-refractivity contribution in [1.29, 1.82) is 0 Å². The highest BCUT2D eigenvalue weighted by molar-refractivity contribution is 6.33. The summed E-state index contributed by atoms with van der Waals surface area (Å²) in [6.07, 6.45) is -4.34. The Bertz CT molecular complexity index is 2940. The van der Waals surface area contributed by atoms with Crippen LogP contribution in [0.25, 0.3) is 28.2 Å². The summed E-state index contributed by atoms with van der Waals surface area (Å²) in [6.45, 7) is 3.59. The van der Waals surface area contributed by atoms with Gasteiger partial charge >= 0.3 is 6.18 Å². The number of aromatic nitrogens is 7. The minimum atomic E-state index is -4.62. The van der Waals surface area contributed by atoms with E-state index >= 15 is 0 Å². The minimum Gasteiger partial charge on any atom is -0.488 e. The molecule has 2 aliphatic rings. The largest absolute Gasteiger partial charge is 0.488 e. The zero-order chi connectivity index (χ0) is 43.3. The van der Waals surface area contributed by atoms with Gasteiger partial charge in [0.05, 0.1) is 46.3 Å². The SMILES string of the molecule is CCc1c(N2CCN(C(=O)c3cc4nnn(C)c4cc3OCc3ccccc3)CC2)c(=O)n2nc(-c3ccc4c(c3)COC4)nc2n1CC(=O)Nc1ccc(C(F)(F)F)cc1Cl. The fraction of sp³-hybridized carbons (Fsp3) is 0.279. The molecule has 9 rings (SSSR count). The molecular formula is C43H38ClF3N10O5. The lowest BCUT2D eigenvalue weighted by molar-refractivity contribution is -0.137. The van der Waals surface area contributed by atoms with E-state index in [1.807, 2.05) is 60.4 Å². The van der Waals surface area contributed by atoms with Gasteiger partial charge in [0.2, 0.25) is 11.7 Å². The van der Waals surface area contributed by atoms with Crippen LogP contribution in [0.5, 0.6) is 5.75 Å². The van der Waals surface area contributed by atoms with Crippen LogP contribution < -0.4 is 20.5 Å². The summed E-state index contributed by atoms with van der Waals surface area (Å²) >= 11 is 6.20. The number of carbonyl (C=O) groups is 2. The predicted octanol–water partition coefficient (Wildman–Crippen LogP) is 6.28. The molecule has 0 aliphatic carbocycles. The van der Waals surface area contributed by atoms with E-state index in [0.29, 0.717) is 46.8 Å². The Hall–Kier alpha value is -6.79. The van der Waals surface area contributed by atoms with Gasteiger partial charge in [-0.1, -0.05) is 66.2 Å². The molecule has 318 valence electrons. The van der Waals surface area contributed by atoms with Crippen molar-refractivity contribution >= 4 is 51.6 Å². The topological polar surface area (TPSA) is 154 Å². The molecule has 2 aliphatic heterocycles. The Morgan fingerprint density at radius 1 is 0.952 bits per heavy atom. The quantitative estimate of drug-likeness (QED) is 0.166. The van der Waals surface area contributed by atoms with Gasteiger partial charge in [0, 0.05) is 44.9 Å². The van der Waals surface area contributed by atoms with Crippen molar-refractivity contribution in [3.8, 4) is 17.1 Å². The van der Waals surface area contributed by atoms with Crippen LogP contribution in [0.3, 0.4) is 0 Å². The van der Waals surface area contributed by atoms with Crippen LogP contribution in [-0.2, 0) is 55.5 Å². The van der Waals surface area contributed by atoms with Gasteiger partial charge in [0.25, 0.3) is 11.5 Å². The molecule has 0 bridgehead atoms. The summed E-state index contributed by atoms with van der Waals surface area (Å²) in [5, 5.41) is 15.3. The van der Waals surface area contributed by atoms with Crippen molar-refractivity contribution < 1.29 is 32.2 Å². The van der Waals surface area contributed by atoms with Crippen molar-refractivity contribution in [3.63, 3.8) is 0 Å². The van der Waals surface area contributed by atoms with Gasteiger partial charge in [-0.05, 0) is 53.4 Å². The molecule has 0 atom stereocenters. The lowest BCUT2D eigenvalue weighted by atomic mass is 10.1. The molecular weight excluding hydrogens is 829 g/mol. The minimum absolute atomic E-state index is 0.0182. The number of anilines is 2. The van der Waals surface area contributed by atoms with E-state index < -0.39 is 23.2 Å². The maximum Gasteiger partial charge on any atom is 0.416 e. The zero-order valence-electron chi connectivity index (χ0n) is 33.4. The molecule has 3 aromatic heterocycles. The molecule has 1 saturated heterocycles. The van der Waals surface area contributed by atoms with E-state index in [0.717, 1.165) is 39.4 Å². The second kappa shape index (κ2) is 16.2. The number of benzene rings is 4. The van der Waals surface area contributed by atoms with Crippen LogP contribution in [0.15, 0.2) is 83.7 Å². The van der Waals surface area contributed by atoms with E-state index in [1.165, 1.54) is 0 Å². The van der Waals surface area contributed by atoms with E-state index in [4.69, 9.17) is 26.1 Å². The first-order valence-corrected chi connectivity index (χ1v) is 20.2. The molecule has 0 radical (unpaired) electrons. The standard InChI is InChI=1S/C43H38ClF3N10O5/c1-3-34-38(54-13-15-55(16-14-54)40(59)30-19-33-35(53(2)52-50-33)20-36(30)62-22-25-7-5-4-6-8-25)41(60)57-42(49-39(51-57)26-9-10-27-23-61-24-28(27)17-26)56(34)21-37(58)48-32-12-11-29(18-31(32)44)43(45,46)47/h4-12,17-20H,3,13-16,21-24H2,1-2H3,(H,48,58). The smallest absolute Gasteiger partial charge is 0.416 e. The third-order valence-electron chi connectivity index (χ3n) is 11.1. The fourth-order valence-corrected chi connectivity index (χ4v) is 8.10. The summed E-state index contributed by atoms with van der Waals surface area (Å²) in [5.74, 6) is -0.181. The molecule has 7 aromatic rings. The van der Waals surface area contributed by atoms with Crippen molar-refractivity contribution in [2.75, 3.05) is 36.4 Å². The van der Waals surface area contributed by atoms with Gasteiger partial charge in [-0.25, -0.2) is 4.68 Å². The number of carbonyl (C=O) groups excluding carboxylic acids is 2. The Morgan fingerprint density at radius 2 is 1.73 bits per heavy atom. The average molecular weight is 867 g/mol. The second-order valence-corrected chi connectivity index (χ2v) is 15.4. The van der Waals surface area contributed by atoms with E-state index in [1.54, 1.807) is 33.3 Å². The molecule has 1 fully saturated rings. The molecule has 4 aromatic carbocycles. The lowest BCUT2D eigenvalue weighted by Gasteiger charge is -2.37. The monoisotopic (exact) mass is 866 g/mol. The molecule has 2 amide bonds. The third-order valence-corrected chi connectivity index (χ3v) is 11.4. The van der Waals surface area contributed by atoms with Crippen LogP contribution in [0.4, 0.5) is 24.5 Å². The summed E-state index contributed by atoms with van der Waals surface area (Å²) in [7, 11) is 1.76. The number of halogens is 4. The number of amides is 2. The summed E-state index contributed by atoms with van der Waals surface area (Å²) in [4.78, 5) is 51.0. The predicted molar refractivity (Wildman–Crippen MR) is 223 cm³/mol. The van der Waals surface area contributed by atoms with E-state index in [-0.39, 0.29) is 79.7 Å². The Balaban J connectivity index is 1.03. The molecule has 62 heavy (non-hydrogen) atoms. The molecule has 0 unspecified atom stereocenters. The van der Waals surface area contributed by atoms with Crippen LogP contribution in [-0.4, -0.2) is 77.1 Å². The highest BCUT2D eigenvalue weighted by atomic mass is 35.5. The van der Waals surface area contributed by atoms with Gasteiger partial charge in [0.1, 0.15) is 30.1 Å². The Kier molecular flexibility index (Phi) is 10.6. The van der Waals surface area contributed by atoms with Crippen molar-refractivity contribution in [2.24, 2.45) is 7.05 Å². The number of piperazine rings is 1. The number of fused-ring (bicyclic) bond motifs is 3. The number of nitrogens with zero attached hydrogens (tertiary/aromatic N) is 9. The Labute approximate surface area is 356 Å². The van der Waals surface area contributed by atoms with Crippen LogP contribution in [0.1, 0.15) is 45.2 Å². The number of ether oxygens (including phenoxy) is 2. The zero-order valence-corrected chi connectivity index (χ0v) is 34.2. The van der Waals surface area contributed by atoms with Gasteiger partial charge < -0.3 is 29.2 Å². The number of nitrogens with one attached hydrogen (secondary N) is 1. The third kappa shape index (κ3) is 7.70. The number of hydrogen-bond donors (Lipinski definition) is 1. The van der Waals surface area contributed by atoms with Crippen LogP contribution in [0.2, 0.25) is 5.02 Å². The first kappa shape index (κ1) is 40.6. The molecule has 0 saturated carbocycles. The van der Waals surface area contributed by atoms with E-state index in [9.17, 15) is 27.6 Å². The normalized spacial score (nSPS) is 14.2. The van der Waals surface area contributed by atoms with Crippen molar-refractivity contribution in [3.05, 3.63) is 128 Å². The molecule has 15 nitrogen and oxygen atoms in total. The molecule has 1 N–H and O–H groups in total. The first-order valence-electron chi connectivity index (χ1n) is 19.8. The summed E-state index contributed by atoms with van der Waals surface area (Å²) in [6, 6.07) is 21.4. The van der Waals surface area contributed by atoms with Crippen LogP contribution >= 0.6 is 11.6 Å². The first-order chi connectivity index (χ1) is 29.9.